The number of carbonyl (C=O) groups is 1. The Balaban J connectivity index is 0.000000195. The number of aromatic nitrogens is 8. The summed E-state index contributed by atoms with van der Waals surface area (Å²) in [6.45, 7) is 6.08. The molecule has 85 heavy (non-hydrogen) atoms. The zero-order chi connectivity index (χ0) is 59.3. The smallest absolute Gasteiger partial charge is 0.300 e. The van der Waals surface area contributed by atoms with Gasteiger partial charge in [-0.2, -0.15) is 0 Å². The van der Waals surface area contributed by atoms with E-state index in [-0.39, 0.29) is 34.4 Å². The molecule has 0 unspecified atom stereocenters. The highest BCUT2D eigenvalue weighted by Gasteiger charge is 2.22. The first-order valence-electron chi connectivity index (χ1n) is 25.8. The number of thiazole rings is 2. The SMILES string of the molecule is C.CC(=O)O.C[C@H](Nc1ncnc2scnc12)c1cc2cccc(-c3ccc(CN)cc3)c2c(=O)n1-c1ccccc1.C[C@H](Nc1ncnc2scnc12)c1cc2cccc(-c3ccc(CN=C=S)cc3)c2c(=O)n1-c1ccccc1.S=C(Cl)Cl. The summed E-state index contributed by atoms with van der Waals surface area (Å²) in [6, 6.07) is 51.1. The third-order valence-electron chi connectivity index (χ3n) is 13.1. The normalized spacial score (nSPS) is 11.3. The first-order chi connectivity index (χ1) is 40.7. The van der Waals surface area contributed by atoms with Crippen LogP contribution in [-0.2, 0) is 17.9 Å². The molecule has 2 atom stereocenters. The largest absolute Gasteiger partial charge is 0.481 e. The fourth-order valence-corrected chi connectivity index (χ4v) is 10.8. The van der Waals surface area contributed by atoms with E-state index < -0.39 is 5.97 Å². The summed E-state index contributed by atoms with van der Waals surface area (Å²) in [5.74, 6) is 0.437. The number of aliphatic carboxylic acids is 1. The first kappa shape index (κ1) is 62.2. The number of nitrogens with zero attached hydrogens (tertiary/aromatic N) is 9. The van der Waals surface area contributed by atoms with Gasteiger partial charge < -0.3 is 21.5 Å². The van der Waals surface area contributed by atoms with E-state index >= 15 is 0 Å². The maximum Gasteiger partial charge on any atom is 0.300 e. The number of anilines is 2. The third-order valence-corrected chi connectivity index (χ3v) is 14.7. The highest BCUT2D eigenvalue weighted by atomic mass is 35.5. The van der Waals surface area contributed by atoms with Gasteiger partial charge in [-0.3, -0.25) is 23.5 Å². The van der Waals surface area contributed by atoms with E-state index in [9.17, 15) is 9.59 Å². The minimum absolute atomic E-state index is 0. The Bertz CT molecular complexity index is 4460. The van der Waals surface area contributed by atoms with Crippen LogP contribution in [0.15, 0.2) is 196 Å². The highest BCUT2D eigenvalue weighted by molar-refractivity contribution is 7.86. The van der Waals surface area contributed by atoms with Crippen molar-refractivity contribution in [3.63, 3.8) is 0 Å². The molecule has 0 amide bonds. The van der Waals surface area contributed by atoms with E-state index in [1.54, 1.807) is 20.2 Å². The van der Waals surface area contributed by atoms with E-state index in [4.69, 9.17) is 38.8 Å². The van der Waals surface area contributed by atoms with Crippen molar-refractivity contribution in [2.75, 3.05) is 10.6 Å². The van der Waals surface area contributed by atoms with Gasteiger partial charge in [-0.05, 0) is 107 Å². The van der Waals surface area contributed by atoms with Crippen LogP contribution in [-0.4, -0.2) is 59.1 Å². The van der Waals surface area contributed by atoms with Crippen molar-refractivity contribution in [3.8, 4) is 33.6 Å². The molecule has 0 saturated carbocycles. The van der Waals surface area contributed by atoms with Crippen molar-refractivity contribution in [1.29, 1.82) is 0 Å². The molecule has 0 aliphatic carbocycles. The Morgan fingerprint density at radius 1 is 0.635 bits per heavy atom. The minimum Gasteiger partial charge on any atom is -0.481 e. The van der Waals surface area contributed by atoms with Crippen LogP contribution >= 0.6 is 70.3 Å². The van der Waals surface area contributed by atoms with E-state index in [0.29, 0.717) is 41.0 Å². The van der Waals surface area contributed by atoms with Crippen LogP contribution in [0.5, 0.6) is 0 Å². The van der Waals surface area contributed by atoms with Gasteiger partial charge in [-0.25, -0.2) is 34.9 Å². The molecule has 6 aromatic heterocycles. The monoisotopic (exact) mass is 1240 g/mol. The number of carboxylic acid groups (broad SMARTS) is 1. The van der Waals surface area contributed by atoms with Crippen molar-refractivity contribution in [3.05, 3.63) is 225 Å². The number of para-hydroxylation sites is 2. The number of benzene rings is 6. The lowest BCUT2D eigenvalue weighted by Gasteiger charge is -2.22. The molecule has 22 heteroatoms. The standard InChI is InChI=1S/C30H22N6OS2.C29H24N6OS.C2H4O2.CCl2S.CH4/c1-19(35-28-27-29(33-16-32-28)39-18-34-27)25-14-22-6-5-9-24(21-12-10-20(11-13-21)15-31-17-38)26(22)30(37)36(25)23-7-3-2-4-8-23;1-18(34-27-26-28(32-16-31-27)37-17-33-26)24-14-21-6-5-9-23(20-12-10-19(15-30)11-13-20)25(21)29(36)35(24)22-7-3-2-4-8-22;1-2(3)4;2-1(3)4;/h2-14,16,18-19H,15H2,1H3,(H,32,33,35);2-14,16-18H,15,30H2,1H3,(H,31,32,34);1H3,(H,3,4);;1H4/t19-;18-;;;/m00.../s1. The van der Waals surface area contributed by atoms with Gasteiger partial charge in [0.25, 0.3) is 17.1 Å². The summed E-state index contributed by atoms with van der Waals surface area (Å²) in [7, 11) is 0. The average Bonchev–Trinajstić information content (AvgIpc) is 2.01. The van der Waals surface area contributed by atoms with E-state index in [1.165, 1.54) is 35.3 Å². The zero-order valence-corrected chi connectivity index (χ0v) is 49.8. The highest BCUT2D eigenvalue weighted by Crippen LogP contribution is 2.34. The zero-order valence-electron chi connectivity index (χ0n) is 45.1. The van der Waals surface area contributed by atoms with Gasteiger partial charge in [0.1, 0.15) is 33.3 Å². The number of nitrogens with one attached hydrogen (secondary N) is 2. The molecule has 0 spiro atoms. The number of aliphatic imine (C=N–C) groups is 1. The van der Waals surface area contributed by atoms with E-state index in [2.05, 4.69) is 87.3 Å². The quantitative estimate of drug-likeness (QED) is 0.0479. The lowest BCUT2D eigenvalue weighted by molar-refractivity contribution is -0.134. The Morgan fingerprint density at radius 2 is 1.04 bits per heavy atom. The fourth-order valence-electron chi connectivity index (χ4n) is 9.46. The van der Waals surface area contributed by atoms with Gasteiger partial charge >= 0.3 is 0 Å². The number of fused-ring (bicyclic) bond motifs is 4. The number of nitrogens with two attached hydrogens (primary N) is 1. The number of pyridine rings is 2. The van der Waals surface area contributed by atoms with Gasteiger partial charge in [-0.1, -0.05) is 164 Å². The van der Waals surface area contributed by atoms with Crippen LogP contribution in [0.4, 0.5) is 11.6 Å². The molecule has 0 radical (unpaired) electrons. The lowest BCUT2D eigenvalue weighted by atomic mass is 9.97. The number of halogens is 2. The van der Waals surface area contributed by atoms with Crippen LogP contribution in [0.1, 0.15) is 62.8 Å². The number of isothiocyanates is 1. The molecule has 0 fully saturated rings. The van der Waals surface area contributed by atoms with Crippen LogP contribution < -0.4 is 27.5 Å². The van der Waals surface area contributed by atoms with Crippen LogP contribution in [0.2, 0.25) is 0 Å². The third kappa shape index (κ3) is 14.8. The predicted octanol–water partition coefficient (Wildman–Crippen LogP) is 15.0. The van der Waals surface area contributed by atoms with Gasteiger partial charge in [0.15, 0.2) is 15.4 Å². The van der Waals surface area contributed by atoms with Crippen molar-refractivity contribution in [1.82, 2.24) is 39.0 Å². The second-order valence-electron chi connectivity index (χ2n) is 18.6. The minimum atomic E-state index is -0.833. The maximum atomic E-state index is 14.3. The number of rotatable bonds is 13. The molecule has 0 aliphatic heterocycles. The van der Waals surface area contributed by atoms with E-state index in [0.717, 1.165) is 89.0 Å². The van der Waals surface area contributed by atoms with Gasteiger partial charge in [0, 0.05) is 36.2 Å². The van der Waals surface area contributed by atoms with Crippen molar-refractivity contribution >= 4 is 139 Å². The predicted molar refractivity (Wildman–Crippen MR) is 355 cm³/mol. The molecule has 16 nitrogen and oxygen atoms in total. The first-order valence-corrected chi connectivity index (χ1v) is 29.1. The second-order valence-corrected chi connectivity index (χ2v) is 22.2. The molecule has 428 valence electrons. The maximum absolute atomic E-state index is 14.3. The number of hydrogen-bond acceptors (Lipinski definition) is 17. The van der Waals surface area contributed by atoms with Gasteiger partial charge in [0.05, 0.1) is 45.6 Å². The number of hydrogen-bond donors (Lipinski definition) is 4. The van der Waals surface area contributed by atoms with Crippen molar-refractivity contribution < 1.29 is 9.90 Å². The van der Waals surface area contributed by atoms with Crippen molar-refractivity contribution in [2.24, 2.45) is 10.7 Å². The molecule has 0 bridgehead atoms. The van der Waals surface area contributed by atoms with Crippen LogP contribution in [0.25, 0.3) is 75.9 Å². The fraction of sp³-hybridized carbons (Fsp3) is 0.127. The average molecular weight is 1240 g/mol. The molecule has 12 rings (SSSR count). The molecule has 5 N–H and O–H groups in total. The number of thiocarbonyl (C=S) groups is 2. The molecular weight excluding hydrogens is 1190 g/mol. The summed E-state index contributed by atoms with van der Waals surface area (Å²) < 4.78 is 3.52. The van der Waals surface area contributed by atoms with Crippen LogP contribution in [0, 0.1) is 0 Å². The Hall–Kier alpha value is -8.82. The molecule has 0 saturated heterocycles. The summed E-state index contributed by atoms with van der Waals surface area (Å²) in [6.07, 6.45) is 3.06. The van der Waals surface area contributed by atoms with Gasteiger partial charge in [0.2, 0.25) is 0 Å². The summed E-state index contributed by atoms with van der Waals surface area (Å²) >= 11 is 21.2. The van der Waals surface area contributed by atoms with Crippen LogP contribution in [0.3, 0.4) is 0 Å². The second kappa shape index (κ2) is 29.1. The number of carboxylic acids is 1. The van der Waals surface area contributed by atoms with E-state index in [1.807, 2.05) is 159 Å². The lowest BCUT2D eigenvalue weighted by Crippen LogP contribution is -2.26. The Morgan fingerprint density at radius 3 is 1.42 bits per heavy atom. The molecule has 6 aromatic carbocycles. The molecule has 6 heterocycles. The topological polar surface area (TPSA) is 221 Å². The summed E-state index contributed by atoms with van der Waals surface area (Å²) in [4.78, 5) is 69.6. The van der Waals surface area contributed by atoms with Crippen molar-refractivity contribution in [2.45, 2.75) is 53.4 Å². The Labute approximate surface area is 517 Å². The molecule has 0 aliphatic rings. The summed E-state index contributed by atoms with van der Waals surface area (Å²) in [5.41, 5.74) is 19.6. The molecule has 12 aromatic rings. The summed E-state index contributed by atoms with van der Waals surface area (Å²) in [5, 5.41) is 19.8. The Kier molecular flexibility index (Phi) is 21.3. The van der Waals surface area contributed by atoms with Gasteiger partial charge in [-0.15, -0.1) is 22.7 Å². The molecular formula is C63H54Cl2N12O4S4.